The van der Waals surface area contributed by atoms with E-state index >= 15 is 0 Å². The van der Waals surface area contributed by atoms with Gasteiger partial charge in [-0.25, -0.2) is 8.78 Å². The van der Waals surface area contributed by atoms with Crippen LogP contribution >= 0.6 is 0 Å². The van der Waals surface area contributed by atoms with Gasteiger partial charge in [0.15, 0.2) is 11.6 Å². The van der Waals surface area contributed by atoms with Gasteiger partial charge in [0.25, 0.3) is 0 Å². The molecule has 0 aliphatic heterocycles. The number of hydrogen-bond acceptors (Lipinski definition) is 2. The highest BCUT2D eigenvalue weighted by molar-refractivity contribution is 5.96. The molecule has 0 unspecified atom stereocenters. The van der Waals surface area contributed by atoms with E-state index in [1.807, 2.05) is 0 Å². The van der Waals surface area contributed by atoms with Gasteiger partial charge in [0, 0.05) is 12.6 Å². The predicted octanol–water partition coefficient (Wildman–Crippen LogP) is 3.09. The zero-order valence-corrected chi connectivity index (χ0v) is 9.78. The fraction of sp³-hybridized carbons (Fsp3) is 0.143. The molecule has 1 aromatic heterocycles. The standard InChI is InChI=1S/C14H11F2NO/c1-9-7-11(15)5-4-10(9)8-13(18)14-12(16)3-2-6-17-14/h2-7H,8H2,1H3. The van der Waals surface area contributed by atoms with Crippen molar-refractivity contribution in [2.24, 2.45) is 0 Å². The number of ketones is 1. The van der Waals surface area contributed by atoms with Crippen LogP contribution in [-0.2, 0) is 6.42 Å². The minimum atomic E-state index is -0.637. The van der Waals surface area contributed by atoms with Crippen molar-refractivity contribution in [1.82, 2.24) is 4.98 Å². The summed E-state index contributed by atoms with van der Waals surface area (Å²) in [4.78, 5) is 15.6. The average Bonchev–Trinajstić information content (AvgIpc) is 2.33. The Morgan fingerprint density at radius 2 is 2.06 bits per heavy atom. The van der Waals surface area contributed by atoms with Crippen molar-refractivity contribution in [1.29, 1.82) is 0 Å². The van der Waals surface area contributed by atoms with E-state index in [9.17, 15) is 13.6 Å². The molecule has 0 saturated heterocycles. The maximum atomic E-state index is 13.4. The molecular formula is C14H11F2NO. The molecule has 2 aromatic rings. The Kier molecular flexibility index (Phi) is 3.46. The van der Waals surface area contributed by atoms with Crippen molar-refractivity contribution in [3.63, 3.8) is 0 Å². The molecular weight excluding hydrogens is 236 g/mol. The van der Waals surface area contributed by atoms with Crippen molar-refractivity contribution in [2.45, 2.75) is 13.3 Å². The third kappa shape index (κ3) is 2.59. The monoisotopic (exact) mass is 247 g/mol. The molecule has 92 valence electrons. The Morgan fingerprint density at radius 1 is 1.28 bits per heavy atom. The number of benzene rings is 1. The molecule has 0 aliphatic carbocycles. The molecule has 1 heterocycles. The van der Waals surface area contributed by atoms with E-state index in [0.29, 0.717) is 11.1 Å². The van der Waals surface area contributed by atoms with E-state index in [0.717, 1.165) is 0 Å². The second kappa shape index (κ2) is 5.04. The molecule has 0 amide bonds. The fourth-order valence-electron chi connectivity index (χ4n) is 1.71. The molecule has 0 N–H and O–H groups in total. The first-order valence-electron chi connectivity index (χ1n) is 5.46. The summed E-state index contributed by atoms with van der Waals surface area (Å²) in [5.41, 5.74) is 1.16. The molecule has 0 atom stereocenters. The van der Waals surface area contributed by atoms with Crippen molar-refractivity contribution in [3.05, 3.63) is 65.0 Å². The van der Waals surface area contributed by atoms with Crippen molar-refractivity contribution >= 4 is 5.78 Å². The Labute approximate surface area is 103 Å². The number of pyridine rings is 1. The lowest BCUT2D eigenvalue weighted by atomic mass is 10.0. The van der Waals surface area contributed by atoms with E-state index < -0.39 is 11.6 Å². The summed E-state index contributed by atoms with van der Waals surface area (Å²) in [6.07, 6.45) is 1.38. The van der Waals surface area contributed by atoms with Crippen LogP contribution in [-0.4, -0.2) is 10.8 Å². The molecule has 18 heavy (non-hydrogen) atoms. The molecule has 0 saturated carbocycles. The summed E-state index contributed by atoms with van der Waals surface area (Å²) in [7, 11) is 0. The highest BCUT2D eigenvalue weighted by Gasteiger charge is 2.14. The third-order valence-electron chi connectivity index (χ3n) is 2.68. The fourth-order valence-corrected chi connectivity index (χ4v) is 1.71. The quantitative estimate of drug-likeness (QED) is 0.780. The molecule has 2 rings (SSSR count). The van der Waals surface area contributed by atoms with Crippen LogP contribution in [0.25, 0.3) is 0 Å². The number of rotatable bonds is 3. The summed E-state index contributed by atoms with van der Waals surface area (Å²) < 4.78 is 26.3. The molecule has 0 fully saturated rings. The number of Topliss-reactive ketones (excluding diaryl/α,β-unsaturated/α-hetero) is 1. The van der Waals surface area contributed by atoms with E-state index in [-0.39, 0.29) is 17.9 Å². The Bertz CT molecular complexity index is 596. The second-order valence-corrected chi connectivity index (χ2v) is 4.00. The van der Waals surface area contributed by atoms with Crippen molar-refractivity contribution in [2.75, 3.05) is 0 Å². The van der Waals surface area contributed by atoms with Crippen LogP contribution in [0.2, 0.25) is 0 Å². The highest BCUT2D eigenvalue weighted by atomic mass is 19.1. The van der Waals surface area contributed by atoms with Gasteiger partial charge in [-0.3, -0.25) is 9.78 Å². The number of hydrogen-bond donors (Lipinski definition) is 0. The van der Waals surface area contributed by atoms with Gasteiger partial charge in [-0.1, -0.05) is 6.07 Å². The maximum absolute atomic E-state index is 13.4. The largest absolute Gasteiger partial charge is 0.292 e. The maximum Gasteiger partial charge on any atom is 0.188 e. The molecule has 1 aromatic carbocycles. The molecule has 0 aliphatic rings. The number of halogens is 2. The number of nitrogens with zero attached hydrogens (tertiary/aromatic N) is 1. The smallest absolute Gasteiger partial charge is 0.188 e. The molecule has 0 bridgehead atoms. The Balaban J connectivity index is 2.24. The van der Waals surface area contributed by atoms with Gasteiger partial charge in [0.05, 0.1) is 0 Å². The molecule has 2 nitrogen and oxygen atoms in total. The van der Waals surface area contributed by atoms with E-state index in [2.05, 4.69) is 4.98 Å². The van der Waals surface area contributed by atoms with Gasteiger partial charge in [-0.05, 0) is 42.3 Å². The normalized spacial score (nSPS) is 10.4. The molecule has 0 radical (unpaired) electrons. The summed E-state index contributed by atoms with van der Waals surface area (Å²) in [5, 5.41) is 0. The minimum absolute atomic E-state index is 0.0139. The number of aryl methyl sites for hydroxylation is 1. The van der Waals surface area contributed by atoms with E-state index in [1.165, 1.54) is 36.5 Å². The summed E-state index contributed by atoms with van der Waals surface area (Å²) in [6, 6.07) is 6.78. The molecule has 4 heteroatoms. The van der Waals surface area contributed by atoms with Crippen LogP contribution in [0, 0.1) is 18.6 Å². The van der Waals surface area contributed by atoms with Gasteiger partial charge in [0.2, 0.25) is 0 Å². The van der Waals surface area contributed by atoms with E-state index in [4.69, 9.17) is 0 Å². The lowest BCUT2D eigenvalue weighted by molar-refractivity contribution is 0.0983. The first-order chi connectivity index (χ1) is 8.58. The van der Waals surface area contributed by atoms with Crippen LogP contribution in [0.4, 0.5) is 8.78 Å². The van der Waals surface area contributed by atoms with Crippen molar-refractivity contribution in [3.8, 4) is 0 Å². The summed E-state index contributed by atoms with van der Waals surface area (Å²) in [5.74, 6) is -1.40. The van der Waals surface area contributed by atoms with Gasteiger partial charge in [-0.2, -0.15) is 0 Å². The third-order valence-corrected chi connectivity index (χ3v) is 2.68. The zero-order chi connectivity index (χ0) is 13.1. The van der Waals surface area contributed by atoms with Crippen LogP contribution < -0.4 is 0 Å². The average molecular weight is 247 g/mol. The van der Waals surface area contributed by atoms with Crippen LogP contribution in [0.5, 0.6) is 0 Å². The first-order valence-corrected chi connectivity index (χ1v) is 5.46. The predicted molar refractivity (Wildman–Crippen MR) is 63.4 cm³/mol. The second-order valence-electron chi connectivity index (χ2n) is 4.00. The molecule has 0 spiro atoms. The van der Waals surface area contributed by atoms with Crippen LogP contribution in [0.15, 0.2) is 36.5 Å². The van der Waals surface area contributed by atoms with Gasteiger partial charge in [-0.15, -0.1) is 0 Å². The van der Waals surface area contributed by atoms with E-state index in [1.54, 1.807) is 6.92 Å². The number of aromatic nitrogens is 1. The Morgan fingerprint density at radius 3 is 2.72 bits per heavy atom. The minimum Gasteiger partial charge on any atom is -0.292 e. The number of carbonyl (C=O) groups is 1. The zero-order valence-electron chi connectivity index (χ0n) is 9.78. The van der Waals surface area contributed by atoms with Gasteiger partial charge in [0.1, 0.15) is 11.5 Å². The lowest BCUT2D eigenvalue weighted by Gasteiger charge is -2.05. The van der Waals surface area contributed by atoms with Crippen LogP contribution in [0.3, 0.4) is 0 Å². The van der Waals surface area contributed by atoms with Gasteiger partial charge < -0.3 is 0 Å². The topological polar surface area (TPSA) is 30.0 Å². The van der Waals surface area contributed by atoms with Gasteiger partial charge >= 0.3 is 0 Å². The number of carbonyl (C=O) groups excluding carboxylic acids is 1. The van der Waals surface area contributed by atoms with Crippen LogP contribution in [0.1, 0.15) is 21.6 Å². The Hall–Kier alpha value is -2.10. The lowest BCUT2D eigenvalue weighted by Crippen LogP contribution is -2.09. The highest BCUT2D eigenvalue weighted by Crippen LogP contribution is 2.14. The SMILES string of the molecule is Cc1cc(F)ccc1CC(=O)c1ncccc1F. The van der Waals surface area contributed by atoms with Crippen molar-refractivity contribution < 1.29 is 13.6 Å². The summed E-state index contributed by atoms with van der Waals surface area (Å²) >= 11 is 0. The summed E-state index contributed by atoms with van der Waals surface area (Å²) in [6.45, 7) is 1.71. The first kappa shape index (κ1) is 12.4.